The van der Waals surface area contributed by atoms with Gasteiger partial charge in [0.1, 0.15) is 0 Å². The van der Waals surface area contributed by atoms with E-state index in [0.29, 0.717) is 16.9 Å². The zero-order valence-corrected chi connectivity index (χ0v) is 21.0. The van der Waals surface area contributed by atoms with Crippen molar-refractivity contribution in [1.29, 1.82) is 0 Å². The maximum atomic E-state index is 14.0. The van der Waals surface area contributed by atoms with E-state index in [4.69, 9.17) is 9.47 Å². The molecule has 11 nitrogen and oxygen atoms in total. The number of H-pyrrole nitrogens is 2. The monoisotopic (exact) mass is 525 g/mol. The van der Waals surface area contributed by atoms with Crippen LogP contribution in [0.3, 0.4) is 0 Å². The zero-order valence-electron chi connectivity index (χ0n) is 21.0. The number of nitrogens with one attached hydrogen (secondary N) is 2. The molecule has 0 aliphatic carbocycles. The van der Waals surface area contributed by atoms with Gasteiger partial charge in [-0.15, -0.1) is 0 Å². The summed E-state index contributed by atoms with van der Waals surface area (Å²) in [4.78, 5) is 58.1. The molecule has 0 saturated carbocycles. The smallest absolute Gasteiger partial charge is 0.356 e. The van der Waals surface area contributed by atoms with Crippen LogP contribution in [0.2, 0.25) is 0 Å². The average molecular weight is 526 g/mol. The quantitative estimate of drug-likeness (QED) is 0.311. The highest BCUT2D eigenvalue weighted by atomic mass is 16.5. The van der Waals surface area contributed by atoms with Crippen molar-refractivity contribution < 1.29 is 19.1 Å². The van der Waals surface area contributed by atoms with Crippen molar-refractivity contribution in [2.75, 3.05) is 14.2 Å². The third kappa shape index (κ3) is 4.46. The second kappa shape index (κ2) is 10.5. The van der Waals surface area contributed by atoms with Gasteiger partial charge in [-0.2, -0.15) is 0 Å². The fourth-order valence-corrected chi connectivity index (χ4v) is 4.49. The van der Waals surface area contributed by atoms with Crippen LogP contribution >= 0.6 is 0 Å². The van der Waals surface area contributed by atoms with Crippen molar-refractivity contribution in [3.63, 3.8) is 0 Å². The molecule has 5 aromatic rings. The second-order valence-corrected chi connectivity index (χ2v) is 8.46. The van der Waals surface area contributed by atoms with Crippen LogP contribution in [0.15, 0.2) is 94.8 Å². The van der Waals surface area contributed by atoms with Crippen molar-refractivity contribution in [3.8, 4) is 11.4 Å². The standard InChI is InChI=1S/C28H23N5O6/c1-38-27(36)23-21(25(34)32(30-23)18-11-5-3-6-12-18)20(17-10-9-15-29-16-17)22-24(28(37)39-2)31-33(26(22)35)19-13-7-4-8-14-19/h3-16,20,30-31H,1-2H3. The fourth-order valence-electron chi connectivity index (χ4n) is 4.49. The number of carbonyl (C=O) groups is 2. The molecular weight excluding hydrogens is 502 g/mol. The molecule has 3 aromatic heterocycles. The van der Waals surface area contributed by atoms with E-state index < -0.39 is 29.0 Å². The molecule has 3 heterocycles. The maximum absolute atomic E-state index is 14.0. The molecule has 2 N–H and O–H groups in total. The van der Waals surface area contributed by atoms with Crippen LogP contribution in [0.5, 0.6) is 0 Å². The normalized spacial score (nSPS) is 10.9. The van der Waals surface area contributed by atoms with Crippen LogP contribution in [-0.4, -0.2) is 50.7 Å². The molecule has 0 aliphatic rings. The maximum Gasteiger partial charge on any atom is 0.356 e. The highest BCUT2D eigenvalue weighted by Gasteiger charge is 2.37. The lowest BCUT2D eigenvalue weighted by Gasteiger charge is -2.15. The van der Waals surface area contributed by atoms with Gasteiger partial charge in [0.15, 0.2) is 11.4 Å². The third-order valence-corrected chi connectivity index (χ3v) is 6.26. The topological polar surface area (TPSA) is 141 Å². The Labute approximate surface area is 221 Å². The van der Waals surface area contributed by atoms with Gasteiger partial charge in [-0.3, -0.25) is 24.8 Å². The third-order valence-electron chi connectivity index (χ3n) is 6.26. The van der Waals surface area contributed by atoms with Gasteiger partial charge in [-0.25, -0.2) is 19.0 Å². The number of rotatable bonds is 7. The van der Waals surface area contributed by atoms with E-state index >= 15 is 0 Å². The Morgan fingerprint density at radius 3 is 1.56 bits per heavy atom. The van der Waals surface area contributed by atoms with E-state index in [-0.39, 0.29) is 22.5 Å². The van der Waals surface area contributed by atoms with E-state index in [1.54, 1.807) is 72.8 Å². The van der Waals surface area contributed by atoms with Crippen molar-refractivity contribution in [2.24, 2.45) is 0 Å². The van der Waals surface area contributed by atoms with Gasteiger partial charge < -0.3 is 9.47 Å². The molecule has 0 unspecified atom stereocenters. The number of carbonyl (C=O) groups excluding carboxylic acids is 2. The SMILES string of the molecule is COC(=O)c1[nH]n(-c2ccccc2)c(=O)c1C(c1cccnc1)c1c(C(=O)OC)[nH]n(-c2ccccc2)c1=O. The van der Waals surface area contributed by atoms with Crippen molar-refractivity contribution in [1.82, 2.24) is 24.5 Å². The molecule has 2 aromatic carbocycles. The number of para-hydroxylation sites is 2. The first-order valence-corrected chi connectivity index (χ1v) is 11.8. The highest BCUT2D eigenvalue weighted by molar-refractivity contribution is 5.91. The number of ether oxygens (including phenoxy) is 2. The molecule has 0 atom stereocenters. The number of aromatic nitrogens is 5. The summed E-state index contributed by atoms with van der Waals surface area (Å²) in [5, 5.41) is 5.66. The molecule has 0 amide bonds. The number of esters is 2. The summed E-state index contributed by atoms with van der Waals surface area (Å²) in [5.41, 5.74) is -0.483. The van der Waals surface area contributed by atoms with Crippen LogP contribution in [0.1, 0.15) is 43.6 Å². The van der Waals surface area contributed by atoms with Crippen molar-refractivity contribution in [3.05, 3.63) is 134 Å². The predicted molar refractivity (Wildman–Crippen MR) is 141 cm³/mol. The number of hydrogen-bond acceptors (Lipinski definition) is 7. The fraction of sp³-hybridized carbons (Fsp3) is 0.107. The van der Waals surface area contributed by atoms with E-state index in [2.05, 4.69) is 15.2 Å². The second-order valence-electron chi connectivity index (χ2n) is 8.46. The molecule has 0 radical (unpaired) electrons. The number of pyridine rings is 1. The summed E-state index contributed by atoms with van der Waals surface area (Å²) >= 11 is 0. The Morgan fingerprint density at radius 2 is 1.18 bits per heavy atom. The Morgan fingerprint density at radius 1 is 0.718 bits per heavy atom. The molecule has 39 heavy (non-hydrogen) atoms. The van der Waals surface area contributed by atoms with E-state index in [1.807, 2.05) is 0 Å². The minimum atomic E-state index is -1.20. The lowest BCUT2D eigenvalue weighted by atomic mass is 9.85. The first-order chi connectivity index (χ1) is 19.0. The number of hydrogen-bond donors (Lipinski definition) is 2. The van der Waals surface area contributed by atoms with Crippen molar-refractivity contribution in [2.45, 2.75) is 5.92 Å². The lowest BCUT2D eigenvalue weighted by molar-refractivity contribution is 0.0585. The summed E-state index contributed by atoms with van der Waals surface area (Å²) in [7, 11) is 2.36. The van der Waals surface area contributed by atoms with Crippen molar-refractivity contribution >= 4 is 11.9 Å². The van der Waals surface area contributed by atoms with Gasteiger partial charge in [0.05, 0.1) is 42.6 Å². The van der Waals surface area contributed by atoms with Gasteiger partial charge in [0, 0.05) is 12.4 Å². The largest absolute Gasteiger partial charge is 0.464 e. The van der Waals surface area contributed by atoms with E-state index in [1.165, 1.54) is 36.0 Å². The number of aromatic amines is 2. The molecule has 0 bridgehead atoms. The van der Waals surface area contributed by atoms with Gasteiger partial charge in [-0.1, -0.05) is 42.5 Å². The predicted octanol–water partition coefficient (Wildman–Crippen LogP) is 2.79. The molecule has 196 valence electrons. The Bertz CT molecular complexity index is 1640. The minimum Gasteiger partial charge on any atom is -0.464 e. The number of benzene rings is 2. The molecule has 11 heteroatoms. The van der Waals surface area contributed by atoms with Crippen LogP contribution in [0.4, 0.5) is 0 Å². The minimum absolute atomic E-state index is 0.0971. The summed E-state index contributed by atoms with van der Waals surface area (Å²) in [6.07, 6.45) is 2.99. The Kier molecular flexibility index (Phi) is 6.79. The molecule has 0 spiro atoms. The van der Waals surface area contributed by atoms with Gasteiger partial charge >= 0.3 is 11.9 Å². The van der Waals surface area contributed by atoms with Crippen LogP contribution in [0.25, 0.3) is 11.4 Å². The average Bonchev–Trinajstić information content (AvgIpc) is 3.51. The first kappa shape index (κ1) is 25.2. The highest BCUT2D eigenvalue weighted by Crippen LogP contribution is 2.32. The van der Waals surface area contributed by atoms with Crippen LogP contribution in [0, 0.1) is 0 Å². The Hall–Kier alpha value is -5.45. The molecule has 0 fully saturated rings. The van der Waals surface area contributed by atoms with Gasteiger partial charge in [0.25, 0.3) is 11.1 Å². The molecule has 5 rings (SSSR count). The van der Waals surface area contributed by atoms with E-state index in [9.17, 15) is 19.2 Å². The number of nitrogens with zero attached hydrogens (tertiary/aromatic N) is 3. The van der Waals surface area contributed by atoms with E-state index in [0.717, 1.165) is 0 Å². The first-order valence-electron chi connectivity index (χ1n) is 11.8. The van der Waals surface area contributed by atoms with Crippen LogP contribution in [-0.2, 0) is 9.47 Å². The molecular formula is C28H23N5O6. The lowest BCUT2D eigenvalue weighted by Crippen LogP contribution is -2.26. The van der Waals surface area contributed by atoms with Gasteiger partial charge in [-0.05, 0) is 35.9 Å². The molecule has 0 saturated heterocycles. The summed E-state index contributed by atoms with van der Waals surface area (Å²) in [5.74, 6) is -2.86. The summed E-state index contributed by atoms with van der Waals surface area (Å²) in [6.45, 7) is 0. The Balaban J connectivity index is 1.88. The number of methoxy groups -OCH3 is 2. The van der Waals surface area contributed by atoms with Gasteiger partial charge in [0.2, 0.25) is 0 Å². The summed E-state index contributed by atoms with van der Waals surface area (Å²) in [6, 6.07) is 20.5. The molecule has 0 aliphatic heterocycles. The summed E-state index contributed by atoms with van der Waals surface area (Å²) < 4.78 is 12.3. The van der Waals surface area contributed by atoms with Crippen LogP contribution < -0.4 is 11.1 Å². The zero-order chi connectivity index (χ0) is 27.5.